The van der Waals surface area contributed by atoms with Gasteiger partial charge in [-0.2, -0.15) is 0 Å². The summed E-state index contributed by atoms with van der Waals surface area (Å²) < 4.78 is 4.77. The molecule has 0 saturated heterocycles. The molecule has 0 spiro atoms. The molecule has 3 heteroatoms. The minimum atomic E-state index is -0.402. The van der Waals surface area contributed by atoms with Crippen molar-refractivity contribution in [1.29, 1.82) is 0 Å². The van der Waals surface area contributed by atoms with E-state index < -0.39 is 5.97 Å². The second-order valence-electron chi connectivity index (χ2n) is 5.32. The minimum Gasteiger partial charge on any atom is -0.466 e. The minimum absolute atomic E-state index is 0.00518. The molecular weight excluding hydrogens is 192 g/mol. The number of esters is 1. The fourth-order valence-electron chi connectivity index (χ4n) is 2.46. The summed E-state index contributed by atoms with van der Waals surface area (Å²) in [7, 11) is 0. The lowest BCUT2D eigenvalue weighted by Crippen LogP contribution is -2.15. The van der Waals surface area contributed by atoms with Crippen LogP contribution in [-0.4, -0.2) is 18.4 Å². The van der Waals surface area contributed by atoms with Crippen LogP contribution in [0.25, 0.3) is 0 Å². The number of hydrogen-bond donors (Lipinski definition) is 0. The van der Waals surface area contributed by atoms with Crippen LogP contribution in [0.1, 0.15) is 41.0 Å². The summed E-state index contributed by atoms with van der Waals surface area (Å²) in [5, 5.41) is 0. The van der Waals surface area contributed by atoms with Gasteiger partial charge in [0.2, 0.25) is 0 Å². The second kappa shape index (κ2) is 3.62. The van der Waals surface area contributed by atoms with Crippen molar-refractivity contribution in [2.45, 2.75) is 41.0 Å². The van der Waals surface area contributed by atoms with Gasteiger partial charge in [0, 0.05) is 5.92 Å². The Bertz CT molecular complexity index is 275. The molecule has 1 saturated carbocycles. The van der Waals surface area contributed by atoms with Crippen molar-refractivity contribution in [2.24, 2.45) is 16.7 Å². The molecule has 0 heterocycles. The zero-order valence-electron chi connectivity index (χ0n) is 10.2. The number of ether oxygens (including phenoxy) is 1. The number of carbonyl (C=O) groups excluding carboxylic acids is 2. The van der Waals surface area contributed by atoms with Crippen molar-refractivity contribution in [2.75, 3.05) is 6.61 Å². The molecule has 0 aliphatic heterocycles. The van der Waals surface area contributed by atoms with Gasteiger partial charge >= 0.3 is 5.97 Å². The smallest absolute Gasteiger partial charge is 0.313 e. The van der Waals surface area contributed by atoms with Gasteiger partial charge in [-0.1, -0.05) is 27.7 Å². The summed E-state index contributed by atoms with van der Waals surface area (Å²) in [5.41, 5.74) is 0.0210. The van der Waals surface area contributed by atoms with Crippen LogP contribution in [0.3, 0.4) is 0 Å². The Morgan fingerprint density at radius 1 is 1.13 bits per heavy atom. The van der Waals surface area contributed by atoms with E-state index in [1.807, 2.05) is 0 Å². The average Bonchev–Trinajstić information content (AvgIpc) is 2.42. The maximum absolute atomic E-state index is 11.8. The highest BCUT2D eigenvalue weighted by Gasteiger charge is 2.67. The molecule has 3 nitrogen and oxygen atoms in total. The lowest BCUT2D eigenvalue weighted by Gasteiger charge is -2.03. The fourth-order valence-corrected chi connectivity index (χ4v) is 2.46. The van der Waals surface area contributed by atoms with Crippen LogP contribution >= 0.6 is 0 Å². The van der Waals surface area contributed by atoms with Gasteiger partial charge < -0.3 is 4.74 Å². The molecule has 0 aromatic carbocycles. The van der Waals surface area contributed by atoms with Gasteiger partial charge in [0.1, 0.15) is 12.2 Å². The Balaban J connectivity index is 2.55. The first-order valence-corrected chi connectivity index (χ1v) is 5.43. The molecule has 0 unspecified atom stereocenters. The molecule has 0 amide bonds. The Kier molecular flexibility index (Phi) is 2.94. The monoisotopic (exact) mass is 212 g/mol. The molecule has 1 fully saturated rings. The van der Waals surface area contributed by atoms with E-state index in [0.717, 1.165) is 0 Å². The van der Waals surface area contributed by atoms with E-state index in [0.29, 0.717) is 6.61 Å². The molecule has 0 radical (unpaired) electrons. The van der Waals surface area contributed by atoms with Crippen LogP contribution in [0.2, 0.25) is 0 Å². The van der Waals surface area contributed by atoms with Crippen LogP contribution in [0, 0.1) is 16.7 Å². The van der Waals surface area contributed by atoms with Gasteiger partial charge in [-0.3, -0.25) is 9.59 Å². The Morgan fingerprint density at radius 2 is 1.60 bits per heavy atom. The van der Waals surface area contributed by atoms with E-state index in [4.69, 9.17) is 4.74 Å². The van der Waals surface area contributed by atoms with Gasteiger partial charge in [0.05, 0.1) is 6.61 Å². The average molecular weight is 212 g/mol. The largest absolute Gasteiger partial charge is 0.466 e. The van der Waals surface area contributed by atoms with Gasteiger partial charge in [-0.05, 0) is 17.8 Å². The summed E-state index contributed by atoms with van der Waals surface area (Å²) in [5.74, 6) is -0.390. The van der Waals surface area contributed by atoms with Crippen molar-refractivity contribution in [3.05, 3.63) is 0 Å². The maximum atomic E-state index is 11.8. The third-order valence-corrected chi connectivity index (χ3v) is 3.97. The summed E-state index contributed by atoms with van der Waals surface area (Å²) in [4.78, 5) is 23.0. The van der Waals surface area contributed by atoms with E-state index in [1.54, 1.807) is 6.92 Å². The molecule has 86 valence electrons. The topological polar surface area (TPSA) is 43.4 Å². The Labute approximate surface area is 91.2 Å². The molecule has 1 aliphatic rings. The van der Waals surface area contributed by atoms with Gasteiger partial charge in [-0.25, -0.2) is 0 Å². The van der Waals surface area contributed by atoms with E-state index in [2.05, 4.69) is 27.7 Å². The highest BCUT2D eigenvalue weighted by atomic mass is 16.5. The van der Waals surface area contributed by atoms with Gasteiger partial charge in [-0.15, -0.1) is 0 Å². The van der Waals surface area contributed by atoms with Crippen LogP contribution in [-0.2, 0) is 14.3 Å². The molecule has 0 bridgehead atoms. The number of ketones is 1. The van der Waals surface area contributed by atoms with Crippen LogP contribution < -0.4 is 0 Å². The highest BCUT2D eigenvalue weighted by Crippen LogP contribution is 2.68. The van der Waals surface area contributed by atoms with E-state index in [1.165, 1.54) is 0 Å². The first-order valence-electron chi connectivity index (χ1n) is 5.43. The molecule has 1 rings (SSSR count). The molecular formula is C12H20O3. The van der Waals surface area contributed by atoms with E-state index >= 15 is 0 Å². The molecule has 0 aromatic rings. The number of rotatable bonds is 4. The zero-order chi connectivity index (χ0) is 11.9. The lowest BCUT2D eigenvalue weighted by molar-refractivity contribution is -0.146. The van der Waals surface area contributed by atoms with E-state index in [-0.39, 0.29) is 29.0 Å². The Morgan fingerprint density at radius 3 is 1.93 bits per heavy atom. The van der Waals surface area contributed by atoms with Gasteiger partial charge in [0.25, 0.3) is 0 Å². The predicted octanol–water partition coefficient (Wildman–Crippen LogP) is 2.19. The summed E-state index contributed by atoms with van der Waals surface area (Å²) in [6.07, 6.45) is -0.0780. The van der Waals surface area contributed by atoms with E-state index in [9.17, 15) is 9.59 Å². The van der Waals surface area contributed by atoms with Crippen molar-refractivity contribution in [3.63, 3.8) is 0 Å². The number of hydrogen-bond acceptors (Lipinski definition) is 3. The molecule has 0 N–H and O–H groups in total. The zero-order valence-corrected chi connectivity index (χ0v) is 10.2. The summed E-state index contributed by atoms with van der Waals surface area (Å²) >= 11 is 0. The quantitative estimate of drug-likeness (QED) is 0.530. The van der Waals surface area contributed by atoms with Crippen molar-refractivity contribution >= 4 is 11.8 Å². The first kappa shape index (κ1) is 12.2. The van der Waals surface area contributed by atoms with Crippen molar-refractivity contribution < 1.29 is 14.3 Å². The fraction of sp³-hybridized carbons (Fsp3) is 0.833. The SMILES string of the molecule is CCOC(=O)CC(=O)C1C(C)(C)C1(C)C. The maximum Gasteiger partial charge on any atom is 0.313 e. The van der Waals surface area contributed by atoms with Crippen LogP contribution in [0.4, 0.5) is 0 Å². The molecule has 15 heavy (non-hydrogen) atoms. The third kappa shape index (κ3) is 1.92. The molecule has 0 atom stereocenters. The molecule has 0 aromatic heterocycles. The predicted molar refractivity (Wildman–Crippen MR) is 57.3 cm³/mol. The number of carbonyl (C=O) groups is 2. The van der Waals surface area contributed by atoms with Crippen LogP contribution in [0.15, 0.2) is 0 Å². The van der Waals surface area contributed by atoms with Crippen molar-refractivity contribution in [3.8, 4) is 0 Å². The summed E-state index contributed by atoms with van der Waals surface area (Å²) in [6, 6.07) is 0. The number of Topliss-reactive ketones (excluding diaryl/α,β-unsaturated/α-hetero) is 1. The van der Waals surface area contributed by atoms with Crippen molar-refractivity contribution in [1.82, 2.24) is 0 Å². The third-order valence-electron chi connectivity index (χ3n) is 3.97. The van der Waals surface area contributed by atoms with Crippen LogP contribution in [0.5, 0.6) is 0 Å². The normalized spacial score (nSPS) is 22.2. The Hall–Kier alpha value is -0.860. The highest BCUT2D eigenvalue weighted by molar-refractivity contribution is 5.99. The summed E-state index contributed by atoms with van der Waals surface area (Å²) in [6.45, 7) is 10.4. The standard InChI is InChI=1S/C12H20O3/c1-6-15-9(14)7-8(13)10-11(2,3)12(10,4)5/h10H,6-7H2,1-5H3. The molecule has 1 aliphatic carbocycles. The first-order chi connectivity index (χ1) is 6.75. The lowest BCUT2D eigenvalue weighted by atomic mass is 10.0. The second-order valence-corrected chi connectivity index (χ2v) is 5.32. The van der Waals surface area contributed by atoms with Gasteiger partial charge in [0.15, 0.2) is 0 Å².